The number of rotatable bonds is 8. The minimum atomic E-state index is -0.293. The Kier molecular flexibility index (Phi) is 8.02. The third-order valence-electron chi connectivity index (χ3n) is 2.19. The quantitative estimate of drug-likeness (QED) is 0.587. The summed E-state index contributed by atoms with van der Waals surface area (Å²) in [7, 11) is 3.17. The predicted molar refractivity (Wildman–Crippen MR) is 85.8 cm³/mol. The van der Waals surface area contributed by atoms with Gasteiger partial charge in [0.05, 0.1) is 6.10 Å². The van der Waals surface area contributed by atoms with Crippen LogP contribution in [-0.4, -0.2) is 34.9 Å². The van der Waals surface area contributed by atoms with Crippen LogP contribution in [0.5, 0.6) is 0 Å². The number of nitrogens with zero attached hydrogens (tertiary/aromatic N) is 1. The minimum absolute atomic E-state index is 0.0904. The van der Waals surface area contributed by atoms with Gasteiger partial charge in [-0.25, -0.2) is 4.98 Å². The highest BCUT2D eigenvalue weighted by Crippen LogP contribution is 2.29. The molecular formula is C14H22N2O2S2. The summed E-state index contributed by atoms with van der Waals surface area (Å²) < 4.78 is 5.28. The van der Waals surface area contributed by atoms with Crippen molar-refractivity contribution in [2.75, 3.05) is 5.75 Å². The fourth-order valence-corrected chi connectivity index (χ4v) is 3.53. The molecule has 20 heavy (non-hydrogen) atoms. The van der Waals surface area contributed by atoms with Crippen LogP contribution < -0.4 is 5.32 Å². The predicted octanol–water partition coefficient (Wildman–Crippen LogP) is 3.14. The number of carbonyl (C=O) groups excluding carboxylic acids is 1. The molecule has 0 aliphatic carbocycles. The summed E-state index contributed by atoms with van der Waals surface area (Å²) >= 11 is 0. The van der Waals surface area contributed by atoms with Gasteiger partial charge in [0, 0.05) is 18.0 Å². The molecule has 1 aromatic rings. The molecular weight excluding hydrogens is 292 g/mol. The number of hydrogen-bond acceptors (Lipinski definition) is 6. The Morgan fingerprint density at radius 2 is 2.10 bits per heavy atom. The number of aromatic nitrogens is 1. The van der Waals surface area contributed by atoms with Crippen LogP contribution in [0.1, 0.15) is 27.7 Å². The molecule has 0 spiro atoms. The van der Waals surface area contributed by atoms with Gasteiger partial charge in [0.15, 0.2) is 0 Å². The second-order valence-electron chi connectivity index (χ2n) is 4.90. The lowest BCUT2D eigenvalue weighted by Crippen LogP contribution is -2.44. The molecule has 0 saturated heterocycles. The minimum Gasteiger partial charge on any atom is -0.462 e. The van der Waals surface area contributed by atoms with Gasteiger partial charge in [0.1, 0.15) is 11.1 Å². The number of nitrogens with one attached hydrogen (secondary N) is 1. The number of pyridine rings is 1. The summed E-state index contributed by atoms with van der Waals surface area (Å²) in [4.78, 5) is 16.2. The summed E-state index contributed by atoms with van der Waals surface area (Å²) in [6, 6.07) is 5.73. The van der Waals surface area contributed by atoms with Gasteiger partial charge in [-0.2, -0.15) is 0 Å². The van der Waals surface area contributed by atoms with E-state index in [4.69, 9.17) is 4.74 Å². The third-order valence-corrected chi connectivity index (χ3v) is 4.46. The van der Waals surface area contributed by atoms with Gasteiger partial charge >= 0.3 is 5.97 Å². The van der Waals surface area contributed by atoms with Crippen LogP contribution in [0.25, 0.3) is 0 Å². The molecule has 0 bridgehead atoms. The first-order chi connectivity index (χ1) is 9.49. The average Bonchev–Trinajstić information content (AvgIpc) is 2.37. The van der Waals surface area contributed by atoms with Crippen LogP contribution in [0, 0.1) is 0 Å². The van der Waals surface area contributed by atoms with E-state index in [1.54, 1.807) is 27.8 Å². The maximum absolute atomic E-state index is 12.0. The maximum Gasteiger partial charge on any atom is 0.324 e. The SMILES string of the molecule is CC(C)NC(CSSc1ccccn1)C(=O)OC(C)C. The molecule has 112 valence electrons. The van der Waals surface area contributed by atoms with E-state index >= 15 is 0 Å². The van der Waals surface area contributed by atoms with Crippen LogP contribution in [0.4, 0.5) is 0 Å². The lowest BCUT2D eigenvalue weighted by atomic mass is 10.3. The zero-order valence-electron chi connectivity index (χ0n) is 12.3. The molecule has 0 aliphatic rings. The van der Waals surface area contributed by atoms with Crippen molar-refractivity contribution in [3.63, 3.8) is 0 Å². The van der Waals surface area contributed by atoms with Crippen LogP contribution in [0.3, 0.4) is 0 Å². The molecule has 0 radical (unpaired) electrons. The summed E-state index contributed by atoms with van der Waals surface area (Å²) in [5.74, 6) is 0.452. The van der Waals surface area contributed by atoms with Gasteiger partial charge in [-0.05, 0) is 36.8 Å². The molecule has 1 N–H and O–H groups in total. The zero-order valence-corrected chi connectivity index (χ0v) is 14.0. The van der Waals surface area contributed by atoms with Crippen molar-refractivity contribution in [2.24, 2.45) is 0 Å². The van der Waals surface area contributed by atoms with Crippen molar-refractivity contribution in [3.8, 4) is 0 Å². The van der Waals surface area contributed by atoms with E-state index in [0.717, 1.165) is 5.03 Å². The number of carbonyl (C=O) groups is 1. The maximum atomic E-state index is 12.0. The Bertz CT molecular complexity index is 399. The number of ether oxygens (including phenoxy) is 1. The van der Waals surface area contributed by atoms with Gasteiger partial charge in [0.2, 0.25) is 0 Å². The first-order valence-electron chi connectivity index (χ1n) is 6.66. The summed E-state index contributed by atoms with van der Waals surface area (Å²) in [6.45, 7) is 7.76. The molecule has 0 aromatic carbocycles. The van der Waals surface area contributed by atoms with E-state index in [2.05, 4.69) is 10.3 Å². The Morgan fingerprint density at radius 3 is 2.65 bits per heavy atom. The van der Waals surface area contributed by atoms with E-state index in [9.17, 15) is 4.79 Å². The standard InChI is InChI=1S/C14H22N2O2S2/c1-10(2)16-12(14(17)18-11(3)4)9-19-20-13-7-5-6-8-15-13/h5-8,10-12,16H,9H2,1-4H3. The molecule has 0 fully saturated rings. The summed E-state index contributed by atoms with van der Waals surface area (Å²) in [5.41, 5.74) is 0. The fraction of sp³-hybridized carbons (Fsp3) is 0.571. The number of esters is 1. The molecule has 6 heteroatoms. The fourth-order valence-electron chi connectivity index (χ4n) is 1.46. The van der Waals surface area contributed by atoms with Gasteiger partial charge < -0.3 is 10.1 Å². The third kappa shape index (κ3) is 7.17. The number of hydrogen-bond donors (Lipinski definition) is 1. The average molecular weight is 314 g/mol. The van der Waals surface area contributed by atoms with E-state index in [1.807, 2.05) is 45.9 Å². The Labute approximate surface area is 128 Å². The molecule has 1 unspecified atom stereocenters. The van der Waals surface area contributed by atoms with Crippen molar-refractivity contribution in [2.45, 2.75) is 50.9 Å². The molecule has 1 heterocycles. The largest absolute Gasteiger partial charge is 0.462 e. The normalized spacial score (nSPS) is 12.7. The van der Waals surface area contributed by atoms with Crippen molar-refractivity contribution >= 4 is 27.6 Å². The van der Waals surface area contributed by atoms with Crippen LogP contribution in [-0.2, 0) is 9.53 Å². The highest BCUT2D eigenvalue weighted by molar-refractivity contribution is 8.76. The van der Waals surface area contributed by atoms with Crippen molar-refractivity contribution in [1.29, 1.82) is 0 Å². The second-order valence-corrected chi connectivity index (χ2v) is 7.26. The van der Waals surface area contributed by atoms with E-state index < -0.39 is 0 Å². The van der Waals surface area contributed by atoms with E-state index in [-0.39, 0.29) is 24.2 Å². The molecule has 1 atom stereocenters. The smallest absolute Gasteiger partial charge is 0.324 e. The second kappa shape index (κ2) is 9.26. The summed E-state index contributed by atoms with van der Waals surface area (Å²) in [6.07, 6.45) is 1.67. The van der Waals surface area contributed by atoms with Crippen LogP contribution in [0.15, 0.2) is 29.4 Å². The highest BCUT2D eigenvalue weighted by Gasteiger charge is 2.21. The Morgan fingerprint density at radius 1 is 1.35 bits per heavy atom. The van der Waals surface area contributed by atoms with E-state index in [1.165, 1.54) is 0 Å². The van der Waals surface area contributed by atoms with Gasteiger partial charge in [-0.3, -0.25) is 4.79 Å². The van der Waals surface area contributed by atoms with Gasteiger partial charge in [-0.1, -0.05) is 30.7 Å². The topological polar surface area (TPSA) is 51.2 Å². The first kappa shape index (κ1) is 17.3. The summed E-state index contributed by atoms with van der Waals surface area (Å²) in [5, 5.41) is 4.18. The lowest BCUT2D eigenvalue weighted by Gasteiger charge is -2.20. The highest BCUT2D eigenvalue weighted by atomic mass is 33.1. The van der Waals surface area contributed by atoms with Crippen molar-refractivity contribution in [3.05, 3.63) is 24.4 Å². The van der Waals surface area contributed by atoms with Crippen molar-refractivity contribution < 1.29 is 9.53 Å². The molecule has 0 saturated carbocycles. The molecule has 0 amide bonds. The monoisotopic (exact) mass is 314 g/mol. The van der Waals surface area contributed by atoms with Crippen LogP contribution >= 0.6 is 21.6 Å². The molecule has 0 aliphatic heterocycles. The zero-order chi connectivity index (χ0) is 15.0. The Hall–Kier alpha value is -0.720. The Balaban J connectivity index is 2.46. The molecule has 1 rings (SSSR count). The first-order valence-corrected chi connectivity index (χ1v) is 8.98. The van der Waals surface area contributed by atoms with Crippen molar-refractivity contribution in [1.82, 2.24) is 10.3 Å². The lowest BCUT2D eigenvalue weighted by molar-refractivity contribution is -0.149. The van der Waals surface area contributed by atoms with Gasteiger partial charge in [-0.15, -0.1) is 0 Å². The van der Waals surface area contributed by atoms with Gasteiger partial charge in [0.25, 0.3) is 0 Å². The molecule has 1 aromatic heterocycles. The van der Waals surface area contributed by atoms with Crippen LogP contribution in [0.2, 0.25) is 0 Å². The molecule has 4 nitrogen and oxygen atoms in total. The van der Waals surface area contributed by atoms with E-state index in [0.29, 0.717) is 5.75 Å².